The zero-order valence-electron chi connectivity index (χ0n) is 9.22. The Labute approximate surface area is 109 Å². The van der Waals surface area contributed by atoms with E-state index in [1.165, 1.54) is 0 Å². The number of primary sulfonamides is 1. The van der Waals surface area contributed by atoms with E-state index in [0.29, 0.717) is 11.7 Å². The first-order valence-electron chi connectivity index (χ1n) is 5.23. The van der Waals surface area contributed by atoms with Crippen LogP contribution in [0.5, 0.6) is 0 Å². The normalized spacial score (nSPS) is 22.7. The van der Waals surface area contributed by atoms with E-state index in [9.17, 15) is 8.42 Å². The highest BCUT2D eigenvalue weighted by atomic mass is 32.3. The standard InChI is InChI=1S/C10H10N4O2S2/c11-18(15,16)10-13-14-6-8(12-9(14)17-10)7-4-2-1-3-5-7/h1-5,8H,6H2,(H2,11,15,16). The second-order valence-electron chi connectivity index (χ2n) is 3.93. The Morgan fingerprint density at radius 2 is 2.06 bits per heavy atom. The minimum atomic E-state index is -3.74. The van der Waals surface area contributed by atoms with Gasteiger partial charge < -0.3 is 0 Å². The van der Waals surface area contributed by atoms with Crippen molar-refractivity contribution in [1.29, 1.82) is 0 Å². The Morgan fingerprint density at radius 1 is 1.33 bits per heavy atom. The predicted octanol–water partition coefficient (Wildman–Crippen LogP) is 0.706. The fourth-order valence-electron chi connectivity index (χ4n) is 1.81. The third-order valence-corrected chi connectivity index (χ3v) is 4.91. The van der Waals surface area contributed by atoms with E-state index < -0.39 is 10.0 Å². The van der Waals surface area contributed by atoms with Gasteiger partial charge in [0.1, 0.15) is 0 Å². The van der Waals surface area contributed by atoms with Crippen molar-refractivity contribution in [3.8, 4) is 0 Å². The molecule has 6 nitrogen and oxygen atoms in total. The highest BCUT2D eigenvalue weighted by molar-refractivity contribution is 8.42. The highest BCUT2D eigenvalue weighted by Crippen LogP contribution is 2.34. The summed E-state index contributed by atoms with van der Waals surface area (Å²) in [4.78, 5) is 4.46. The maximum atomic E-state index is 11.2. The fourth-order valence-corrected chi connectivity index (χ4v) is 3.41. The van der Waals surface area contributed by atoms with E-state index in [0.717, 1.165) is 17.3 Å². The van der Waals surface area contributed by atoms with Crippen LogP contribution in [0.15, 0.2) is 40.4 Å². The molecule has 1 unspecified atom stereocenters. The minimum absolute atomic E-state index is 0.000483. The molecule has 2 aliphatic heterocycles. The van der Waals surface area contributed by atoms with Crippen LogP contribution >= 0.6 is 11.8 Å². The first-order valence-corrected chi connectivity index (χ1v) is 7.60. The lowest BCUT2D eigenvalue weighted by Crippen LogP contribution is -2.20. The molecule has 0 saturated carbocycles. The van der Waals surface area contributed by atoms with Gasteiger partial charge in [-0.15, -0.1) is 5.10 Å². The minimum Gasteiger partial charge on any atom is -0.251 e. The number of thioether (sulfide) groups is 1. The first-order chi connectivity index (χ1) is 8.54. The van der Waals surface area contributed by atoms with Crippen molar-refractivity contribution >= 4 is 31.3 Å². The molecule has 0 spiro atoms. The smallest absolute Gasteiger partial charge is 0.251 e. The number of aliphatic imine (C=N–C) groups is 1. The molecule has 0 radical (unpaired) electrons. The van der Waals surface area contributed by atoms with E-state index in [-0.39, 0.29) is 10.4 Å². The quantitative estimate of drug-likeness (QED) is 0.821. The Bertz CT molecular complexity index is 639. The van der Waals surface area contributed by atoms with Gasteiger partial charge in [0.15, 0.2) is 5.17 Å². The van der Waals surface area contributed by atoms with E-state index in [4.69, 9.17) is 5.14 Å². The van der Waals surface area contributed by atoms with Gasteiger partial charge in [0.2, 0.25) is 4.38 Å². The fraction of sp³-hybridized carbons (Fsp3) is 0.200. The summed E-state index contributed by atoms with van der Waals surface area (Å²) >= 11 is 1.000. The van der Waals surface area contributed by atoms with Crippen molar-refractivity contribution in [3.63, 3.8) is 0 Å². The van der Waals surface area contributed by atoms with Crippen LogP contribution in [0.1, 0.15) is 11.6 Å². The summed E-state index contributed by atoms with van der Waals surface area (Å²) in [5.41, 5.74) is 1.09. The monoisotopic (exact) mass is 282 g/mol. The average Bonchev–Trinajstić information content (AvgIpc) is 2.86. The highest BCUT2D eigenvalue weighted by Gasteiger charge is 2.36. The van der Waals surface area contributed by atoms with Crippen molar-refractivity contribution < 1.29 is 8.42 Å². The third kappa shape index (κ3) is 2.02. The molecule has 2 aliphatic rings. The molecule has 3 rings (SSSR count). The second kappa shape index (κ2) is 4.08. The third-order valence-electron chi connectivity index (χ3n) is 2.64. The van der Waals surface area contributed by atoms with Crippen LogP contribution in [0.25, 0.3) is 0 Å². The topological polar surface area (TPSA) is 88.1 Å². The van der Waals surface area contributed by atoms with Crippen LogP contribution in [0.3, 0.4) is 0 Å². The first kappa shape index (κ1) is 11.7. The van der Waals surface area contributed by atoms with Gasteiger partial charge in [-0.25, -0.2) is 18.6 Å². The van der Waals surface area contributed by atoms with Gasteiger partial charge >= 0.3 is 0 Å². The molecule has 18 heavy (non-hydrogen) atoms. The Hall–Kier alpha value is -1.38. The van der Waals surface area contributed by atoms with E-state index >= 15 is 0 Å². The Balaban J connectivity index is 1.83. The van der Waals surface area contributed by atoms with Crippen molar-refractivity contribution in [3.05, 3.63) is 35.9 Å². The summed E-state index contributed by atoms with van der Waals surface area (Å²) in [5, 5.41) is 11.2. The van der Waals surface area contributed by atoms with E-state index in [2.05, 4.69) is 10.1 Å². The molecule has 0 aromatic heterocycles. The number of benzene rings is 1. The summed E-state index contributed by atoms with van der Waals surface area (Å²) in [7, 11) is -3.74. The Kier molecular flexibility index (Phi) is 2.65. The number of rotatable bonds is 1. The van der Waals surface area contributed by atoms with Crippen LogP contribution in [0, 0.1) is 0 Å². The lowest BCUT2D eigenvalue weighted by atomic mass is 10.1. The SMILES string of the molecule is NS(=O)(=O)C1=NN2CC(c3ccccc3)N=C2S1. The van der Waals surface area contributed by atoms with Crippen molar-refractivity contribution in [2.75, 3.05) is 6.54 Å². The largest absolute Gasteiger partial charge is 0.264 e. The maximum absolute atomic E-state index is 11.2. The van der Waals surface area contributed by atoms with Crippen molar-refractivity contribution in [2.24, 2.45) is 15.2 Å². The zero-order chi connectivity index (χ0) is 12.8. The number of hydrogen-bond donors (Lipinski definition) is 1. The van der Waals surface area contributed by atoms with E-state index in [1.807, 2.05) is 30.3 Å². The lowest BCUT2D eigenvalue weighted by Gasteiger charge is -2.09. The number of nitrogens with two attached hydrogens (primary N) is 1. The van der Waals surface area contributed by atoms with Gasteiger partial charge in [-0.3, -0.25) is 4.99 Å². The predicted molar refractivity (Wildman–Crippen MR) is 71.5 cm³/mol. The molecular formula is C10H10N4O2S2. The van der Waals surface area contributed by atoms with Gasteiger partial charge in [-0.2, -0.15) is 0 Å². The molecule has 0 bridgehead atoms. The molecule has 94 valence electrons. The van der Waals surface area contributed by atoms with Crippen LogP contribution in [0.2, 0.25) is 0 Å². The number of hydrazone groups is 1. The second-order valence-corrected chi connectivity index (χ2v) is 6.62. The van der Waals surface area contributed by atoms with Crippen molar-refractivity contribution in [1.82, 2.24) is 5.01 Å². The molecule has 0 saturated heterocycles. The summed E-state index contributed by atoms with van der Waals surface area (Å²) < 4.78 is 22.2. The van der Waals surface area contributed by atoms with Gasteiger partial charge in [-0.05, 0) is 17.3 Å². The van der Waals surface area contributed by atoms with Gasteiger partial charge in [-0.1, -0.05) is 30.3 Å². The van der Waals surface area contributed by atoms with Gasteiger partial charge in [0.05, 0.1) is 12.6 Å². The number of nitrogens with zero attached hydrogens (tertiary/aromatic N) is 3. The molecule has 2 heterocycles. The molecule has 0 aliphatic carbocycles. The van der Waals surface area contributed by atoms with Crippen LogP contribution < -0.4 is 5.14 Å². The zero-order valence-corrected chi connectivity index (χ0v) is 10.9. The summed E-state index contributed by atoms with van der Waals surface area (Å²) in [5.74, 6) is 0. The summed E-state index contributed by atoms with van der Waals surface area (Å²) in [6.07, 6.45) is 0. The molecule has 8 heteroatoms. The average molecular weight is 282 g/mol. The van der Waals surface area contributed by atoms with Crippen LogP contribution in [-0.4, -0.2) is 29.5 Å². The van der Waals surface area contributed by atoms with Gasteiger partial charge in [0, 0.05) is 0 Å². The van der Waals surface area contributed by atoms with E-state index in [1.54, 1.807) is 5.01 Å². The van der Waals surface area contributed by atoms with Gasteiger partial charge in [0.25, 0.3) is 10.0 Å². The van der Waals surface area contributed by atoms with Crippen LogP contribution in [0.4, 0.5) is 0 Å². The maximum Gasteiger partial charge on any atom is 0.264 e. The molecule has 1 aromatic rings. The molecule has 0 fully saturated rings. The number of fused-ring (bicyclic) bond motifs is 1. The lowest BCUT2D eigenvalue weighted by molar-refractivity contribution is 0.462. The summed E-state index contributed by atoms with van der Waals surface area (Å²) in [6, 6.07) is 9.83. The molecular weight excluding hydrogens is 272 g/mol. The molecule has 2 N–H and O–H groups in total. The molecule has 1 atom stereocenters. The van der Waals surface area contributed by atoms with Crippen LogP contribution in [-0.2, 0) is 10.0 Å². The molecule has 0 amide bonds. The molecule has 1 aromatic carbocycles. The van der Waals surface area contributed by atoms with Crippen molar-refractivity contribution in [2.45, 2.75) is 6.04 Å². The number of amidine groups is 1. The Morgan fingerprint density at radius 3 is 2.67 bits per heavy atom. The number of sulfonamides is 1. The number of hydrogen-bond acceptors (Lipinski definition) is 6. The summed E-state index contributed by atoms with van der Waals surface area (Å²) in [6.45, 7) is 0.547.